The average molecular weight is 389 g/mol. The Labute approximate surface area is 157 Å². The third-order valence-electron chi connectivity index (χ3n) is 5.99. The lowest BCUT2D eigenvalue weighted by Gasteiger charge is -2.31. The molecule has 2 fully saturated rings. The van der Waals surface area contributed by atoms with Crippen LogP contribution in [0.1, 0.15) is 44.3 Å². The second kappa shape index (κ2) is 6.25. The quantitative estimate of drug-likeness (QED) is 0.686. The first-order valence-electron chi connectivity index (χ1n) is 9.51. The van der Waals surface area contributed by atoms with Gasteiger partial charge in [-0.05, 0) is 31.2 Å². The van der Waals surface area contributed by atoms with Crippen LogP contribution < -0.4 is 4.72 Å². The molecule has 1 aliphatic heterocycles. The standard InChI is InChI=1S/C17H23N7O2S/c1-2-11-8-12(22-27(25,26)23-6-3-7-23)9-13(11)17-21-20-15-10-19-16-14(24(15)17)4-5-18-16/h4-5,10-13,18,22H,2-3,6-9H2,1H3/t11-,12?,13+/m1/s1. The first-order chi connectivity index (χ1) is 13.1. The summed E-state index contributed by atoms with van der Waals surface area (Å²) in [5.41, 5.74) is 2.47. The summed E-state index contributed by atoms with van der Waals surface area (Å²) in [6.45, 7) is 3.40. The number of H-pyrrole nitrogens is 1. The number of rotatable bonds is 5. The van der Waals surface area contributed by atoms with Gasteiger partial charge in [0, 0.05) is 31.2 Å². The van der Waals surface area contributed by atoms with Crippen LogP contribution in [0, 0.1) is 5.92 Å². The molecule has 9 nitrogen and oxygen atoms in total. The molecule has 3 atom stereocenters. The SMILES string of the molecule is CC[C@@H]1CC(NS(=O)(=O)N2CCC2)C[C@@H]1c1nnc2cnc3[nH]ccc3n12. The van der Waals surface area contributed by atoms with E-state index in [4.69, 9.17) is 0 Å². The number of hydrogen-bond donors (Lipinski definition) is 2. The summed E-state index contributed by atoms with van der Waals surface area (Å²) in [7, 11) is -3.37. The number of nitrogens with one attached hydrogen (secondary N) is 2. The van der Waals surface area contributed by atoms with Gasteiger partial charge in [0.2, 0.25) is 0 Å². The predicted octanol–water partition coefficient (Wildman–Crippen LogP) is 1.42. The first-order valence-corrected chi connectivity index (χ1v) is 11.0. The minimum Gasteiger partial charge on any atom is -0.345 e. The smallest absolute Gasteiger partial charge is 0.279 e. The monoisotopic (exact) mass is 389 g/mol. The van der Waals surface area contributed by atoms with Gasteiger partial charge >= 0.3 is 0 Å². The van der Waals surface area contributed by atoms with E-state index in [0.29, 0.717) is 19.0 Å². The fourth-order valence-electron chi connectivity index (χ4n) is 4.44. The van der Waals surface area contributed by atoms with Gasteiger partial charge in [-0.15, -0.1) is 10.2 Å². The topological polar surface area (TPSA) is 108 Å². The normalized spacial score (nSPS) is 26.8. The maximum absolute atomic E-state index is 12.5. The van der Waals surface area contributed by atoms with Crippen molar-refractivity contribution in [1.82, 2.24) is 33.6 Å². The molecular weight excluding hydrogens is 366 g/mol. The molecular formula is C17H23N7O2S. The third kappa shape index (κ3) is 2.74. The van der Waals surface area contributed by atoms with E-state index in [1.54, 1.807) is 6.20 Å². The molecule has 1 saturated carbocycles. The zero-order valence-electron chi connectivity index (χ0n) is 15.2. The highest BCUT2D eigenvalue weighted by molar-refractivity contribution is 7.87. The summed E-state index contributed by atoms with van der Waals surface area (Å²) in [4.78, 5) is 7.50. The van der Waals surface area contributed by atoms with Gasteiger partial charge in [0.25, 0.3) is 10.2 Å². The molecule has 1 aliphatic carbocycles. The third-order valence-corrected chi connectivity index (χ3v) is 7.66. The Balaban J connectivity index is 1.47. The molecule has 3 aromatic heterocycles. The highest BCUT2D eigenvalue weighted by Gasteiger charge is 2.40. The Morgan fingerprint density at radius 2 is 2.15 bits per heavy atom. The molecule has 27 heavy (non-hydrogen) atoms. The van der Waals surface area contributed by atoms with Crippen molar-refractivity contribution < 1.29 is 8.42 Å². The van der Waals surface area contributed by atoms with Crippen LogP contribution in [0.15, 0.2) is 18.5 Å². The summed E-state index contributed by atoms with van der Waals surface area (Å²) in [5, 5.41) is 8.77. The number of aromatic nitrogens is 5. The van der Waals surface area contributed by atoms with E-state index in [-0.39, 0.29) is 12.0 Å². The Bertz CT molecular complexity index is 1090. The fourth-order valence-corrected chi connectivity index (χ4v) is 5.94. The lowest BCUT2D eigenvalue weighted by molar-refractivity contribution is 0.301. The number of aromatic amines is 1. The minimum absolute atomic E-state index is 0.0681. The molecule has 2 aliphatic rings. The van der Waals surface area contributed by atoms with E-state index in [1.165, 1.54) is 4.31 Å². The van der Waals surface area contributed by atoms with Crippen LogP contribution in [0.5, 0.6) is 0 Å². The van der Waals surface area contributed by atoms with Crippen LogP contribution in [-0.4, -0.2) is 56.4 Å². The molecule has 3 aromatic rings. The summed E-state index contributed by atoms with van der Waals surface area (Å²) in [6, 6.07) is 1.91. The molecule has 4 heterocycles. The molecule has 0 aromatic carbocycles. The maximum atomic E-state index is 12.5. The van der Waals surface area contributed by atoms with E-state index in [2.05, 4.69) is 36.2 Å². The fraction of sp³-hybridized carbons (Fsp3) is 0.588. The van der Waals surface area contributed by atoms with Crippen LogP contribution in [0.2, 0.25) is 0 Å². The first kappa shape index (κ1) is 17.1. The summed E-state index contributed by atoms with van der Waals surface area (Å²) in [6.07, 6.45) is 7.05. The van der Waals surface area contributed by atoms with E-state index >= 15 is 0 Å². The van der Waals surface area contributed by atoms with E-state index < -0.39 is 10.2 Å². The van der Waals surface area contributed by atoms with Crippen LogP contribution in [0.25, 0.3) is 16.8 Å². The van der Waals surface area contributed by atoms with Crippen molar-refractivity contribution in [3.8, 4) is 0 Å². The van der Waals surface area contributed by atoms with Crippen LogP contribution in [0.4, 0.5) is 0 Å². The van der Waals surface area contributed by atoms with Crippen molar-refractivity contribution >= 4 is 27.0 Å². The van der Waals surface area contributed by atoms with Gasteiger partial charge in [-0.25, -0.2) is 4.98 Å². The van der Waals surface area contributed by atoms with Gasteiger partial charge < -0.3 is 4.98 Å². The molecule has 0 amide bonds. The predicted molar refractivity (Wildman–Crippen MR) is 100 cm³/mol. The average Bonchev–Trinajstić information content (AvgIpc) is 3.28. The summed E-state index contributed by atoms with van der Waals surface area (Å²) in [5.74, 6) is 1.42. The van der Waals surface area contributed by atoms with Gasteiger partial charge in [-0.3, -0.25) is 4.40 Å². The van der Waals surface area contributed by atoms with Gasteiger partial charge in [0.1, 0.15) is 5.82 Å². The number of fused-ring (bicyclic) bond motifs is 3. The Kier molecular flexibility index (Phi) is 3.95. The van der Waals surface area contributed by atoms with Crippen molar-refractivity contribution in [3.63, 3.8) is 0 Å². The van der Waals surface area contributed by atoms with Crippen LogP contribution in [-0.2, 0) is 10.2 Å². The second-order valence-electron chi connectivity index (χ2n) is 7.54. The Morgan fingerprint density at radius 3 is 2.89 bits per heavy atom. The largest absolute Gasteiger partial charge is 0.345 e. The maximum Gasteiger partial charge on any atom is 0.279 e. The zero-order valence-corrected chi connectivity index (χ0v) is 16.0. The van der Waals surface area contributed by atoms with Crippen molar-refractivity contribution in [1.29, 1.82) is 0 Å². The van der Waals surface area contributed by atoms with Gasteiger partial charge in [-0.1, -0.05) is 13.3 Å². The molecule has 144 valence electrons. The lowest BCUT2D eigenvalue weighted by atomic mass is 9.93. The molecule has 1 saturated heterocycles. The number of hydrogen-bond acceptors (Lipinski definition) is 5. The Hall–Kier alpha value is -2.04. The van der Waals surface area contributed by atoms with Crippen LogP contribution in [0.3, 0.4) is 0 Å². The van der Waals surface area contributed by atoms with E-state index in [1.807, 2.05) is 12.3 Å². The van der Waals surface area contributed by atoms with E-state index in [0.717, 1.165) is 48.3 Å². The molecule has 0 bridgehead atoms. The number of nitrogens with zero attached hydrogens (tertiary/aromatic N) is 5. The second-order valence-corrected chi connectivity index (χ2v) is 9.24. The molecule has 5 rings (SSSR count). The van der Waals surface area contributed by atoms with Crippen molar-refractivity contribution in [2.75, 3.05) is 13.1 Å². The molecule has 1 unspecified atom stereocenters. The minimum atomic E-state index is -3.37. The summed E-state index contributed by atoms with van der Waals surface area (Å²) >= 11 is 0. The molecule has 0 radical (unpaired) electrons. The molecule has 0 spiro atoms. The van der Waals surface area contributed by atoms with Crippen molar-refractivity contribution in [2.24, 2.45) is 5.92 Å². The van der Waals surface area contributed by atoms with Crippen molar-refractivity contribution in [3.05, 3.63) is 24.3 Å². The zero-order chi connectivity index (χ0) is 18.6. The van der Waals surface area contributed by atoms with Crippen LogP contribution >= 0.6 is 0 Å². The highest BCUT2D eigenvalue weighted by atomic mass is 32.2. The summed E-state index contributed by atoms with van der Waals surface area (Å²) < 4.78 is 31.4. The van der Waals surface area contributed by atoms with Gasteiger partial charge in [-0.2, -0.15) is 17.4 Å². The van der Waals surface area contributed by atoms with Gasteiger partial charge in [0.05, 0.1) is 11.7 Å². The molecule has 2 N–H and O–H groups in total. The van der Waals surface area contributed by atoms with Crippen molar-refractivity contribution in [2.45, 2.75) is 44.6 Å². The lowest BCUT2D eigenvalue weighted by Crippen LogP contribution is -2.50. The van der Waals surface area contributed by atoms with E-state index in [9.17, 15) is 8.42 Å². The molecule has 10 heteroatoms. The highest BCUT2D eigenvalue weighted by Crippen LogP contribution is 2.41. The Morgan fingerprint density at radius 1 is 1.30 bits per heavy atom. The van der Waals surface area contributed by atoms with Gasteiger partial charge in [0.15, 0.2) is 11.3 Å².